The quantitative estimate of drug-likeness (QED) is 0.137. The molecule has 2 fully saturated rings. The minimum absolute atomic E-state index is 0.0489. The summed E-state index contributed by atoms with van der Waals surface area (Å²) in [5.41, 5.74) is 2.70. The van der Waals surface area contributed by atoms with Crippen molar-refractivity contribution in [1.29, 1.82) is 0 Å². The van der Waals surface area contributed by atoms with E-state index < -0.39 is 16.1 Å². The Morgan fingerprint density at radius 3 is 2.22 bits per heavy atom. The first kappa shape index (κ1) is 36.9. The molecule has 2 aliphatic rings. The molecule has 2 aliphatic heterocycles. The van der Waals surface area contributed by atoms with E-state index in [4.69, 9.17) is 9.47 Å². The lowest BCUT2D eigenvalue weighted by molar-refractivity contribution is -0.0308. The predicted molar refractivity (Wildman–Crippen MR) is 199 cm³/mol. The number of nitrogens with zero attached hydrogens (tertiary/aromatic N) is 2. The van der Waals surface area contributed by atoms with Crippen LogP contribution in [0.4, 0.5) is 16.2 Å². The molecule has 5 rings (SSSR count). The number of carbonyl (C=O) groups excluding carboxylic acids is 1. The molecule has 9 nitrogen and oxygen atoms in total. The van der Waals surface area contributed by atoms with Gasteiger partial charge in [0.15, 0.2) is 0 Å². The molecule has 268 valence electrons. The minimum Gasteiger partial charge on any atom is -0.495 e. The first-order chi connectivity index (χ1) is 23.7. The lowest BCUT2D eigenvalue weighted by Gasteiger charge is -2.48. The van der Waals surface area contributed by atoms with Crippen molar-refractivity contribution in [2.24, 2.45) is 0 Å². The highest BCUT2D eigenvalue weighted by atomic mass is 32.2. The van der Waals surface area contributed by atoms with Gasteiger partial charge in [-0.2, -0.15) is 0 Å². The first-order valence-corrected chi connectivity index (χ1v) is 19.7. The number of piperidine rings is 2. The Hall–Kier alpha value is -3.34. The van der Waals surface area contributed by atoms with Gasteiger partial charge in [-0.15, -0.1) is 0 Å². The van der Waals surface area contributed by atoms with Crippen LogP contribution in [0, 0.1) is 6.92 Å². The van der Waals surface area contributed by atoms with Crippen molar-refractivity contribution in [3.8, 4) is 5.75 Å². The molecule has 0 spiro atoms. The van der Waals surface area contributed by atoms with Crippen LogP contribution in [0.25, 0.3) is 10.8 Å². The van der Waals surface area contributed by atoms with E-state index in [1.807, 2.05) is 74.4 Å². The molecule has 2 bridgehead atoms. The number of aryl methyl sites for hydroxylation is 1. The fourth-order valence-electron chi connectivity index (χ4n) is 7.75. The summed E-state index contributed by atoms with van der Waals surface area (Å²) < 4.78 is 40.4. The number of amides is 1. The predicted octanol–water partition coefficient (Wildman–Crippen LogP) is 8.26. The number of fused-ring (bicyclic) bond motifs is 3. The normalized spacial score (nSPS) is 19.5. The average Bonchev–Trinajstić information content (AvgIpc) is 3.06. The first-order valence-electron chi connectivity index (χ1n) is 18.2. The number of anilines is 2. The maximum atomic E-state index is 13.1. The number of methoxy groups -OCH3 is 1. The number of unbranched alkanes of at least 4 members (excludes halogenated alkanes) is 7. The number of hydrogen-bond donors (Lipinski definition) is 2. The second-order valence-corrected chi connectivity index (χ2v) is 15.8. The van der Waals surface area contributed by atoms with E-state index >= 15 is 0 Å². The second-order valence-electron chi connectivity index (χ2n) is 14.1. The van der Waals surface area contributed by atoms with Gasteiger partial charge in [0, 0.05) is 62.0 Å². The third-order valence-corrected chi connectivity index (χ3v) is 11.7. The molecule has 2 heterocycles. The number of hydrogen-bond acceptors (Lipinski definition) is 7. The van der Waals surface area contributed by atoms with Crippen LogP contribution in [-0.4, -0.2) is 71.9 Å². The molecular weight excluding hydrogens is 637 g/mol. The fourth-order valence-corrected chi connectivity index (χ4v) is 9.05. The van der Waals surface area contributed by atoms with Gasteiger partial charge in [0.05, 0.1) is 17.7 Å². The molecule has 0 aromatic heterocycles. The summed E-state index contributed by atoms with van der Waals surface area (Å²) >= 11 is 0. The molecule has 49 heavy (non-hydrogen) atoms. The zero-order valence-corrected chi connectivity index (χ0v) is 30.7. The number of ether oxygens (including phenoxy) is 2. The Labute approximate surface area is 293 Å². The number of sulfonamides is 1. The Balaban J connectivity index is 0.942. The van der Waals surface area contributed by atoms with Crippen molar-refractivity contribution in [3.63, 3.8) is 0 Å². The molecule has 1 unspecified atom stereocenters. The van der Waals surface area contributed by atoms with Crippen LogP contribution in [0.2, 0.25) is 0 Å². The molecule has 1 amide bonds. The maximum absolute atomic E-state index is 13.1. The van der Waals surface area contributed by atoms with Gasteiger partial charge in [0.1, 0.15) is 11.9 Å². The summed E-state index contributed by atoms with van der Waals surface area (Å²) in [6, 6.07) is 18.0. The van der Waals surface area contributed by atoms with Crippen molar-refractivity contribution in [2.75, 3.05) is 44.5 Å². The second kappa shape index (κ2) is 17.5. The lowest BCUT2D eigenvalue weighted by atomic mass is 9.82. The summed E-state index contributed by atoms with van der Waals surface area (Å²) in [7, 11) is 1.96. The van der Waals surface area contributed by atoms with E-state index in [1.165, 1.54) is 51.4 Å². The van der Waals surface area contributed by atoms with Gasteiger partial charge in [0.25, 0.3) is 0 Å². The monoisotopic (exact) mass is 692 g/mol. The number of benzene rings is 3. The summed E-state index contributed by atoms with van der Waals surface area (Å²) in [5, 5.41) is 4.59. The highest BCUT2D eigenvalue weighted by Gasteiger charge is 2.39. The van der Waals surface area contributed by atoms with E-state index in [2.05, 4.69) is 14.9 Å². The Morgan fingerprint density at radius 1 is 0.878 bits per heavy atom. The molecule has 0 saturated carbocycles. The van der Waals surface area contributed by atoms with Crippen LogP contribution in [0.3, 0.4) is 0 Å². The standard InChI is InChI=1S/C39H56N4O5S/c1-29-22-23-37(47-4)35(26-29)41-39(44)48-32-27-30-16-13-17-31(28-32)43(30)25-12-10-8-6-5-7-9-11-24-40-49(45,46)38-21-15-18-33-34(38)19-14-20-36(33)42(2)3/h14-15,18-23,26,30-32,40H,5-13,16-17,24-25,27-28H2,1-4H3,(H,41,44)/t30-,31+,32?. The number of nitrogens with one attached hydrogen (secondary N) is 2. The van der Waals surface area contributed by atoms with E-state index in [-0.39, 0.29) is 6.10 Å². The average molecular weight is 693 g/mol. The third kappa shape index (κ3) is 9.89. The van der Waals surface area contributed by atoms with Gasteiger partial charge in [-0.25, -0.2) is 17.9 Å². The largest absolute Gasteiger partial charge is 0.495 e. The Morgan fingerprint density at radius 2 is 1.53 bits per heavy atom. The highest BCUT2D eigenvalue weighted by molar-refractivity contribution is 7.89. The molecular formula is C39H56N4O5S. The summed E-state index contributed by atoms with van der Waals surface area (Å²) in [4.78, 5) is 17.8. The molecule has 2 saturated heterocycles. The number of carbonyl (C=O) groups is 1. The van der Waals surface area contributed by atoms with Gasteiger partial charge in [0.2, 0.25) is 10.0 Å². The summed E-state index contributed by atoms with van der Waals surface area (Å²) in [5.74, 6) is 0.631. The highest BCUT2D eigenvalue weighted by Crippen LogP contribution is 2.36. The van der Waals surface area contributed by atoms with Crippen molar-refractivity contribution in [1.82, 2.24) is 9.62 Å². The fraction of sp³-hybridized carbons (Fsp3) is 0.564. The van der Waals surface area contributed by atoms with Crippen LogP contribution < -0.4 is 19.7 Å². The molecule has 3 aromatic rings. The van der Waals surface area contributed by atoms with Gasteiger partial charge in [-0.3, -0.25) is 10.2 Å². The molecule has 3 atom stereocenters. The molecule has 3 aromatic carbocycles. The van der Waals surface area contributed by atoms with Crippen LogP contribution in [0.15, 0.2) is 59.5 Å². The third-order valence-electron chi connectivity index (χ3n) is 10.2. The van der Waals surface area contributed by atoms with E-state index in [0.717, 1.165) is 60.7 Å². The van der Waals surface area contributed by atoms with E-state index in [1.54, 1.807) is 13.2 Å². The van der Waals surface area contributed by atoms with Crippen molar-refractivity contribution in [3.05, 3.63) is 60.2 Å². The molecule has 0 aliphatic carbocycles. The van der Waals surface area contributed by atoms with E-state index in [0.29, 0.717) is 35.0 Å². The zero-order valence-electron chi connectivity index (χ0n) is 29.9. The van der Waals surface area contributed by atoms with Crippen LogP contribution >= 0.6 is 0 Å². The van der Waals surface area contributed by atoms with Gasteiger partial charge in [-0.05, 0) is 69.0 Å². The van der Waals surface area contributed by atoms with Gasteiger partial charge < -0.3 is 14.4 Å². The maximum Gasteiger partial charge on any atom is 0.412 e. The molecule has 10 heteroatoms. The van der Waals surface area contributed by atoms with Crippen molar-refractivity contribution >= 4 is 38.3 Å². The smallest absolute Gasteiger partial charge is 0.412 e. The van der Waals surface area contributed by atoms with Crippen LogP contribution in [0.5, 0.6) is 5.75 Å². The lowest BCUT2D eigenvalue weighted by Crippen LogP contribution is -2.54. The Bertz CT molecular complexity index is 1630. The summed E-state index contributed by atoms with van der Waals surface area (Å²) in [6.07, 6.45) is 14.1. The SMILES string of the molecule is COc1ccc(C)cc1NC(=O)OC1C[C@H]2CCC[C@@H](C1)N2CCCCCCCCCCNS(=O)(=O)c1cccc2c(N(C)C)cccc12. The van der Waals surface area contributed by atoms with Crippen molar-refractivity contribution in [2.45, 2.75) is 113 Å². The number of rotatable bonds is 17. The molecule has 2 N–H and O–H groups in total. The van der Waals surface area contributed by atoms with E-state index in [9.17, 15) is 13.2 Å². The molecule has 0 radical (unpaired) electrons. The van der Waals surface area contributed by atoms with Crippen molar-refractivity contribution < 1.29 is 22.7 Å². The van der Waals surface area contributed by atoms with Crippen LogP contribution in [-0.2, 0) is 14.8 Å². The summed E-state index contributed by atoms with van der Waals surface area (Å²) in [6.45, 7) is 3.57. The Kier molecular flexibility index (Phi) is 13.2. The minimum atomic E-state index is -3.58. The topological polar surface area (TPSA) is 100 Å². The van der Waals surface area contributed by atoms with Crippen LogP contribution in [0.1, 0.15) is 89.0 Å². The zero-order chi connectivity index (χ0) is 34.8. The van der Waals surface area contributed by atoms with Gasteiger partial charge >= 0.3 is 6.09 Å². The van der Waals surface area contributed by atoms with Gasteiger partial charge in [-0.1, -0.05) is 75.3 Å².